The molecular formula is C4H6O4. The average Bonchev–Trinajstić information content (AvgIpc) is 2.14. The molecule has 1 atom stereocenters. The van der Waals surface area contributed by atoms with Gasteiger partial charge in [-0.05, 0) is 0 Å². The third-order valence-electron chi connectivity index (χ3n) is 0.722. The van der Waals surface area contributed by atoms with E-state index in [0.717, 1.165) is 6.26 Å². The first-order valence-electron chi connectivity index (χ1n) is 2.15. The van der Waals surface area contributed by atoms with Crippen molar-refractivity contribution < 1.29 is 19.7 Å². The van der Waals surface area contributed by atoms with E-state index in [1.54, 1.807) is 0 Å². The van der Waals surface area contributed by atoms with E-state index in [0.29, 0.717) is 0 Å². The highest BCUT2D eigenvalue weighted by molar-refractivity contribution is 4.78. The van der Waals surface area contributed by atoms with Gasteiger partial charge in [0.1, 0.15) is 6.61 Å². The van der Waals surface area contributed by atoms with Gasteiger partial charge in [-0.3, -0.25) is 0 Å². The summed E-state index contributed by atoms with van der Waals surface area (Å²) in [4.78, 5) is 0. The van der Waals surface area contributed by atoms with Crippen LogP contribution in [0, 0.1) is 0 Å². The van der Waals surface area contributed by atoms with E-state index in [1.807, 2.05) is 0 Å². The lowest BCUT2D eigenvalue weighted by molar-refractivity contribution is -0.0863. The van der Waals surface area contributed by atoms with Crippen molar-refractivity contribution in [3.05, 3.63) is 12.2 Å². The number of hydrogen-bond acceptors (Lipinski definition) is 4. The molecular weight excluding hydrogens is 112 g/mol. The molecule has 1 aliphatic heterocycles. The maximum Gasteiger partial charge on any atom is 0.316 e. The molecule has 0 fully saturated rings. The molecule has 0 aromatic carbocycles. The molecule has 8 heavy (non-hydrogen) atoms. The number of aliphatic hydroxyl groups is 2. The Morgan fingerprint density at radius 3 is 2.75 bits per heavy atom. The third kappa shape index (κ3) is 0.840. The van der Waals surface area contributed by atoms with E-state index in [1.165, 1.54) is 0 Å². The van der Waals surface area contributed by atoms with E-state index in [-0.39, 0.29) is 12.6 Å². The fourth-order valence-corrected chi connectivity index (χ4v) is 0.405. The summed E-state index contributed by atoms with van der Waals surface area (Å²) in [6.07, 6.45) is 0.330. The molecule has 1 rings (SSSR count). The largest absolute Gasteiger partial charge is 0.479 e. The van der Waals surface area contributed by atoms with Crippen LogP contribution in [0.2, 0.25) is 0 Å². The van der Waals surface area contributed by atoms with Gasteiger partial charge in [0.2, 0.25) is 0 Å². The van der Waals surface area contributed by atoms with Gasteiger partial charge in [-0.25, -0.2) is 0 Å². The summed E-state index contributed by atoms with van der Waals surface area (Å²) in [5, 5.41) is 16.7. The van der Waals surface area contributed by atoms with Gasteiger partial charge in [-0.2, -0.15) is 0 Å². The van der Waals surface area contributed by atoms with Crippen LogP contribution < -0.4 is 0 Å². The van der Waals surface area contributed by atoms with Crippen molar-refractivity contribution in [3.63, 3.8) is 0 Å². The first-order chi connectivity index (χ1) is 3.83. The highest BCUT2D eigenvalue weighted by Crippen LogP contribution is 2.09. The molecule has 46 valence electrons. The number of hydrogen-bond donors (Lipinski definition) is 2. The average molecular weight is 118 g/mol. The molecule has 0 aromatic heterocycles. The van der Waals surface area contributed by atoms with Crippen LogP contribution in [0.5, 0.6) is 0 Å². The Balaban J connectivity index is 2.32. The zero-order valence-electron chi connectivity index (χ0n) is 4.07. The van der Waals surface area contributed by atoms with Crippen molar-refractivity contribution in [2.45, 2.75) is 6.29 Å². The Morgan fingerprint density at radius 1 is 1.75 bits per heavy atom. The summed E-state index contributed by atoms with van der Waals surface area (Å²) in [6, 6.07) is 0. The molecule has 0 bridgehead atoms. The molecule has 4 heteroatoms. The van der Waals surface area contributed by atoms with Crippen LogP contribution in [0.1, 0.15) is 0 Å². The molecule has 1 unspecified atom stereocenters. The summed E-state index contributed by atoms with van der Waals surface area (Å²) < 4.78 is 8.98. The Hall–Kier alpha value is -0.900. The topological polar surface area (TPSA) is 58.9 Å². The lowest BCUT2D eigenvalue weighted by Gasteiger charge is -2.03. The van der Waals surface area contributed by atoms with Crippen LogP contribution >= 0.6 is 0 Å². The Labute approximate surface area is 46.0 Å². The highest BCUT2D eigenvalue weighted by Gasteiger charge is 2.16. The maximum absolute atomic E-state index is 8.43. The summed E-state index contributed by atoms with van der Waals surface area (Å²) in [7, 11) is 0. The first kappa shape index (κ1) is 5.24. The molecule has 0 spiro atoms. The van der Waals surface area contributed by atoms with E-state index < -0.39 is 6.29 Å². The lowest BCUT2D eigenvalue weighted by Crippen LogP contribution is -2.12. The maximum atomic E-state index is 8.43. The zero-order chi connectivity index (χ0) is 5.98. The second kappa shape index (κ2) is 1.92. The highest BCUT2D eigenvalue weighted by atomic mass is 16.8. The fraction of sp³-hybridized carbons (Fsp3) is 0.500. The molecule has 0 aliphatic carbocycles. The van der Waals surface area contributed by atoms with Crippen LogP contribution in [0.15, 0.2) is 12.2 Å². The molecule has 4 nitrogen and oxygen atoms in total. The van der Waals surface area contributed by atoms with Crippen LogP contribution in [-0.4, -0.2) is 23.1 Å². The minimum Gasteiger partial charge on any atom is -0.479 e. The molecule has 0 saturated heterocycles. The minimum atomic E-state index is -0.713. The standard InChI is InChI=1S/C4H6O4/c5-1-4-7-2-3(6)8-4/h2,4-6H,1H2. The van der Waals surface area contributed by atoms with Gasteiger partial charge in [0.05, 0.1) is 0 Å². The molecule has 0 aromatic rings. The molecule has 1 heterocycles. The number of aliphatic hydroxyl groups excluding tert-OH is 2. The quantitative estimate of drug-likeness (QED) is 0.496. The van der Waals surface area contributed by atoms with E-state index >= 15 is 0 Å². The molecule has 0 amide bonds. The van der Waals surface area contributed by atoms with E-state index in [4.69, 9.17) is 10.2 Å². The smallest absolute Gasteiger partial charge is 0.316 e. The van der Waals surface area contributed by atoms with Crippen LogP contribution in [0.4, 0.5) is 0 Å². The van der Waals surface area contributed by atoms with Gasteiger partial charge in [0, 0.05) is 0 Å². The Kier molecular flexibility index (Phi) is 1.26. The van der Waals surface area contributed by atoms with Crippen molar-refractivity contribution >= 4 is 0 Å². The zero-order valence-corrected chi connectivity index (χ0v) is 4.07. The lowest BCUT2D eigenvalue weighted by atomic mass is 10.7. The van der Waals surface area contributed by atoms with Gasteiger partial charge in [0.25, 0.3) is 6.29 Å². The first-order valence-corrected chi connectivity index (χ1v) is 2.15. The van der Waals surface area contributed by atoms with Crippen molar-refractivity contribution in [2.24, 2.45) is 0 Å². The predicted molar refractivity (Wildman–Crippen MR) is 23.8 cm³/mol. The van der Waals surface area contributed by atoms with Gasteiger partial charge < -0.3 is 19.7 Å². The fourth-order valence-electron chi connectivity index (χ4n) is 0.405. The van der Waals surface area contributed by atoms with Gasteiger partial charge in [-0.1, -0.05) is 0 Å². The van der Waals surface area contributed by atoms with E-state index in [9.17, 15) is 0 Å². The van der Waals surface area contributed by atoms with Crippen molar-refractivity contribution in [1.29, 1.82) is 0 Å². The normalized spacial score (nSPS) is 26.1. The molecule has 2 N–H and O–H groups in total. The van der Waals surface area contributed by atoms with Crippen molar-refractivity contribution in [2.75, 3.05) is 6.61 Å². The van der Waals surface area contributed by atoms with Gasteiger partial charge in [0.15, 0.2) is 6.26 Å². The minimum absolute atomic E-state index is 0.249. The second-order valence-electron chi connectivity index (χ2n) is 1.32. The Morgan fingerprint density at radius 2 is 2.50 bits per heavy atom. The van der Waals surface area contributed by atoms with Crippen molar-refractivity contribution in [3.8, 4) is 0 Å². The third-order valence-corrected chi connectivity index (χ3v) is 0.722. The van der Waals surface area contributed by atoms with Crippen LogP contribution in [0.25, 0.3) is 0 Å². The molecule has 0 radical (unpaired) electrons. The molecule has 1 aliphatic rings. The van der Waals surface area contributed by atoms with Crippen molar-refractivity contribution in [1.82, 2.24) is 0 Å². The van der Waals surface area contributed by atoms with Crippen LogP contribution in [-0.2, 0) is 9.47 Å². The van der Waals surface area contributed by atoms with E-state index in [2.05, 4.69) is 9.47 Å². The predicted octanol–water partition coefficient (Wildman–Crippen LogP) is -0.291. The van der Waals surface area contributed by atoms with Gasteiger partial charge in [-0.15, -0.1) is 0 Å². The summed E-state index contributed by atoms with van der Waals surface area (Å²) >= 11 is 0. The second-order valence-corrected chi connectivity index (χ2v) is 1.32. The summed E-state index contributed by atoms with van der Waals surface area (Å²) in [5.74, 6) is -0.288. The Bertz CT molecular complexity index is 109. The molecule has 0 saturated carbocycles. The van der Waals surface area contributed by atoms with Gasteiger partial charge >= 0.3 is 5.95 Å². The number of ether oxygens (including phenoxy) is 2. The SMILES string of the molecule is OCC1OC=C(O)O1. The summed E-state index contributed by atoms with van der Waals surface area (Å²) in [5.41, 5.74) is 0. The monoisotopic (exact) mass is 118 g/mol. The summed E-state index contributed by atoms with van der Waals surface area (Å²) in [6.45, 7) is -0.249. The van der Waals surface area contributed by atoms with Crippen LogP contribution in [0.3, 0.4) is 0 Å². The number of rotatable bonds is 1.